The lowest BCUT2D eigenvalue weighted by Gasteiger charge is -2.42. The van der Waals surface area contributed by atoms with Crippen molar-refractivity contribution in [1.29, 1.82) is 0 Å². The van der Waals surface area contributed by atoms with E-state index in [1.807, 2.05) is 18.2 Å². The topological polar surface area (TPSA) is 50.2 Å². The molecule has 0 fully saturated rings. The van der Waals surface area contributed by atoms with Gasteiger partial charge in [-0.05, 0) is 99.0 Å². The Hall–Kier alpha value is -5.06. The molecule has 2 atom stereocenters. The Morgan fingerprint density at radius 2 is 1.57 bits per heavy atom. The van der Waals surface area contributed by atoms with Crippen LogP contribution in [0.15, 0.2) is 134 Å². The Morgan fingerprint density at radius 1 is 0.804 bits per heavy atom. The molecule has 1 aliphatic rings. The van der Waals surface area contributed by atoms with E-state index < -0.39 is 5.97 Å². The molecule has 0 amide bonds. The zero-order valence-electron chi connectivity index (χ0n) is 25.3. The van der Waals surface area contributed by atoms with E-state index >= 15 is 0 Å². The van der Waals surface area contributed by atoms with Gasteiger partial charge in [0.2, 0.25) is 0 Å². The number of halogens is 2. The average Bonchev–Trinajstić information content (AvgIpc) is 3.09. The predicted molar refractivity (Wildman–Crippen MR) is 186 cm³/mol. The summed E-state index contributed by atoms with van der Waals surface area (Å²) >= 11 is 6.18. The monoisotopic (exact) mass is 623 g/mol. The Balaban J connectivity index is 0.000000218. The summed E-state index contributed by atoms with van der Waals surface area (Å²) in [5.41, 5.74) is 6.12. The highest BCUT2D eigenvalue weighted by Gasteiger charge is 2.40. The van der Waals surface area contributed by atoms with E-state index in [0.29, 0.717) is 5.56 Å². The molecule has 0 saturated carbocycles. The SMILES string of the molecule is CC1(c2ccccc2)CC(c2ccc(F)c(Cl)c2)Cc2ccc3c(ccc4ccccc43)c21.O=C(O)c1ccc2ncccc2c1. The third-order valence-electron chi connectivity index (χ3n) is 9.36. The number of hydrogen-bond acceptors (Lipinski definition) is 2. The first-order valence-corrected chi connectivity index (χ1v) is 15.7. The van der Waals surface area contributed by atoms with Crippen molar-refractivity contribution < 1.29 is 14.3 Å². The summed E-state index contributed by atoms with van der Waals surface area (Å²) in [6.07, 6.45) is 3.54. The molecule has 3 nitrogen and oxygen atoms in total. The van der Waals surface area contributed by atoms with E-state index in [4.69, 9.17) is 16.7 Å². The highest BCUT2D eigenvalue weighted by molar-refractivity contribution is 6.30. The van der Waals surface area contributed by atoms with Crippen LogP contribution in [0.5, 0.6) is 0 Å². The van der Waals surface area contributed by atoms with Gasteiger partial charge < -0.3 is 5.11 Å². The zero-order chi connectivity index (χ0) is 31.8. The molecule has 0 saturated heterocycles. The van der Waals surface area contributed by atoms with Crippen LogP contribution in [0.4, 0.5) is 4.39 Å². The number of pyridine rings is 1. The Bertz CT molecular complexity index is 2250. The van der Waals surface area contributed by atoms with Gasteiger partial charge in [-0.2, -0.15) is 0 Å². The molecule has 6 aromatic carbocycles. The first-order chi connectivity index (χ1) is 22.3. The predicted octanol–water partition coefficient (Wildman–Crippen LogP) is 10.8. The normalized spacial score (nSPS) is 17.3. The summed E-state index contributed by atoms with van der Waals surface area (Å²) in [6.45, 7) is 2.37. The number of carboxylic acid groups (broad SMARTS) is 1. The summed E-state index contributed by atoms with van der Waals surface area (Å²) in [7, 11) is 0. The van der Waals surface area contributed by atoms with E-state index in [1.165, 1.54) is 44.3 Å². The largest absolute Gasteiger partial charge is 0.478 e. The maximum Gasteiger partial charge on any atom is 0.335 e. The Kier molecular flexibility index (Phi) is 7.75. The van der Waals surface area contributed by atoms with E-state index in [1.54, 1.807) is 30.5 Å². The molecule has 0 spiro atoms. The first kappa shape index (κ1) is 29.6. The van der Waals surface area contributed by atoms with Gasteiger partial charge in [0.15, 0.2) is 0 Å². The fourth-order valence-corrected chi connectivity index (χ4v) is 7.36. The van der Waals surface area contributed by atoms with Gasteiger partial charge in [0.1, 0.15) is 5.82 Å². The number of benzene rings is 6. The minimum absolute atomic E-state index is 0.178. The number of fused-ring (bicyclic) bond motifs is 6. The van der Waals surface area contributed by atoms with Crippen LogP contribution in [-0.4, -0.2) is 16.1 Å². The van der Waals surface area contributed by atoms with Gasteiger partial charge in [0, 0.05) is 17.0 Å². The molecule has 0 aliphatic heterocycles. The van der Waals surface area contributed by atoms with Crippen molar-refractivity contribution in [1.82, 2.24) is 4.98 Å². The van der Waals surface area contributed by atoms with E-state index in [0.717, 1.165) is 29.3 Å². The maximum atomic E-state index is 13.9. The van der Waals surface area contributed by atoms with E-state index in [-0.39, 0.29) is 22.2 Å². The van der Waals surface area contributed by atoms with Crippen LogP contribution in [0.1, 0.15) is 51.9 Å². The number of aromatic carboxylic acids is 1. The minimum Gasteiger partial charge on any atom is -0.478 e. The van der Waals surface area contributed by atoms with E-state index in [9.17, 15) is 9.18 Å². The molecule has 46 heavy (non-hydrogen) atoms. The van der Waals surface area contributed by atoms with Crippen molar-refractivity contribution in [2.45, 2.75) is 31.1 Å². The van der Waals surface area contributed by atoms with Gasteiger partial charge in [-0.15, -0.1) is 0 Å². The number of carboxylic acids is 1. The third kappa shape index (κ3) is 5.39. The fourth-order valence-electron chi connectivity index (χ4n) is 7.17. The minimum atomic E-state index is -0.911. The highest BCUT2D eigenvalue weighted by Crippen LogP contribution is 2.51. The van der Waals surface area contributed by atoms with Crippen LogP contribution in [0, 0.1) is 5.82 Å². The molecule has 1 heterocycles. The summed E-state index contributed by atoms with van der Waals surface area (Å²) in [6, 6.07) is 42.3. The summed E-state index contributed by atoms with van der Waals surface area (Å²) in [5.74, 6) is -1.01. The molecule has 1 aromatic heterocycles. The van der Waals surface area contributed by atoms with Gasteiger partial charge in [-0.3, -0.25) is 4.98 Å². The van der Waals surface area contributed by atoms with Gasteiger partial charge in [-0.1, -0.05) is 110 Å². The van der Waals surface area contributed by atoms with Crippen molar-refractivity contribution in [3.63, 3.8) is 0 Å². The average molecular weight is 624 g/mol. The lowest BCUT2D eigenvalue weighted by Crippen LogP contribution is -2.33. The van der Waals surface area contributed by atoms with Crippen molar-refractivity contribution in [3.05, 3.63) is 172 Å². The van der Waals surface area contributed by atoms with Crippen molar-refractivity contribution in [2.75, 3.05) is 0 Å². The second kappa shape index (κ2) is 12.0. The number of rotatable bonds is 3. The first-order valence-electron chi connectivity index (χ1n) is 15.3. The van der Waals surface area contributed by atoms with Crippen molar-refractivity contribution >= 4 is 50.0 Å². The molecule has 0 radical (unpaired) electrons. The maximum absolute atomic E-state index is 13.9. The van der Waals surface area contributed by atoms with Crippen molar-refractivity contribution in [3.8, 4) is 0 Å². The highest BCUT2D eigenvalue weighted by atomic mass is 35.5. The second-order valence-electron chi connectivity index (χ2n) is 12.2. The number of carbonyl (C=O) groups is 1. The summed E-state index contributed by atoms with van der Waals surface area (Å²) in [4.78, 5) is 14.7. The third-order valence-corrected chi connectivity index (χ3v) is 9.65. The molecular weight excluding hydrogens is 593 g/mol. The van der Waals surface area contributed by atoms with Crippen molar-refractivity contribution in [2.24, 2.45) is 0 Å². The lowest BCUT2D eigenvalue weighted by molar-refractivity contribution is 0.0697. The Labute approximate surface area is 271 Å². The smallest absolute Gasteiger partial charge is 0.335 e. The molecule has 226 valence electrons. The summed E-state index contributed by atoms with van der Waals surface area (Å²) < 4.78 is 13.9. The quantitative estimate of drug-likeness (QED) is 0.199. The van der Waals surface area contributed by atoms with Crippen LogP contribution >= 0.6 is 11.6 Å². The molecule has 1 aliphatic carbocycles. The molecule has 5 heteroatoms. The van der Waals surface area contributed by atoms with Gasteiger partial charge in [0.25, 0.3) is 0 Å². The fraction of sp³-hybridized carbons (Fsp3) is 0.122. The molecule has 7 aromatic rings. The number of hydrogen-bond donors (Lipinski definition) is 1. The van der Waals surface area contributed by atoms with Gasteiger partial charge >= 0.3 is 5.97 Å². The molecule has 2 unspecified atom stereocenters. The van der Waals surface area contributed by atoms with Crippen LogP contribution < -0.4 is 0 Å². The van der Waals surface area contributed by atoms with Crippen LogP contribution in [0.2, 0.25) is 5.02 Å². The molecular formula is C41H31ClFNO2. The van der Waals surface area contributed by atoms with Gasteiger partial charge in [0.05, 0.1) is 16.1 Å². The molecule has 0 bridgehead atoms. The van der Waals surface area contributed by atoms with Crippen LogP contribution in [-0.2, 0) is 11.8 Å². The second-order valence-corrected chi connectivity index (χ2v) is 12.6. The standard InChI is InChI=1S/C31H24ClF.C10H7NO2/c1-31(24-8-3-2-4-9-24)19-23(21-13-16-29(33)28(32)18-21)17-22-12-14-26-25-10-6-5-7-20(25)11-15-27(26)30(22)31;12-10(13)8-3-4-9-7(6-8)2-1-5-11-9/h2-16,18,23H,17,19H2,1H3;1-6H,(H,12,13). The zero-order valence-corrected chi connectivity index (χ0v) is 26.0. The van der Waals surface area contributed by atoms with Crippen LogP contribution in [0.3, 0.4) is 0 Å². The number of nitrogens with zero attached hydrogens (tertiary/aromatic N) is 1. The summed E-state index contributed by atoms with van der Waals surface area (Å²) in [5, 5.41) is 15.0. The van der Waals surface area contributed by atoms with Crippen LogP contribution in [0.25, 0.3) is 32.4 Å². The number of aromatic nitrogens is 1. The molecule has 8 rings (SSSR count). The lowest BCUT2D eigenvalue weighted by atomic mass is 9.61. The van der Waals surface area contributed by atoms with Gasteiger partial charge in [-0.25, -0.2) is 9.18 Å². The Morgan fingerprint density at radius 3 is 2.37 bits per heavy atom. The van der Waals surface area contributed by atoms with E-state index in [2.05, 4.69) is 90.8 Å². The molecule has 1 N–H and O–H groups in total.